The average molecular weight is 495 g/mol. The van der Waals surface area contributed by atoms with Crippen LogP contribution in [0.1, 0.15) is 28.2 Å². The van der Waals surface area contributed by atoms with Gasteiger partial charge in [0.2, 0.25) is 10.0 Å². The molecule has 5 rings (SSSR count). The van der Waals surface area contributed by atoms with Crippen molar-refractivity contribution < 1.29 is 17.9 Å². The number of nitrogens with zero attached hydrogens (tertiary/aromatic N) is 4. The molecule has 2 aromatic carbocycles. The molecule has 0 amide bonds. The second-order valence-electron chi connectivity index (χ2n) is 8.84. The van der Waals surface area contributed by atoms with Gasteiger partial charge in [-0.25, -0.2) is 18.4 Å². The quantitative estimate of drug-likeness (QED) is 0.499. The lowest BCUT2D eigenvalue weighted by Crippen LogP contribution is -2.41. The molecular formula is C26H30N4O4S. The number of rotatable bonds is 7. The fourth-order valence-corrected chi connectivity index (χ4v) is 6.11. The van der Waals surface area contributed by atoms with Gasteiger partial charge in [-0.1, -0.05) is 42.5 Å². The minimum atomic E-state index is -3.47. The first-order valence-corrected chi connectivity index (χ1v) is 13.5. The lowest BCUT2D eigenvalue weighted by molar-refractivity contribution is 0.122. The van der Waals surface area contributed by atoms with Gasteiger partial charge in [-0.2, -0.15) is 4.31 Å². The lowest BCUT2D eigenvalue weighted by Gasteiger charge is -2.34. The Kier molecular flexibility index (Phi) is 6.99. The van der Waals surface area contributed by atoms with Crippen LogP contribution in [0.2, 0.25) is 0 Å². The summed E-state index contributed by atoms with van der Waals surface area (Å²) in [4.78, 5) is 12.0. The predicted molar refractivity (Wildman–Crippen MR) is 134 cm³/mol. The van der Waals surface area contributed by atoms with E-state index in [1.807, 2.05) is 54.6 Å². The molecule has 35 heavy (non-hydrogen) atoms. The number of anilines is 1. The Bertz CT molecular complexity index is 1280. The molecule has 1 fully saturated rings. The Morgan fingerprint density at radius 1 is 0.971 bits per heavy atom. The Morgan fingerprint density at radius 2 is 1.74 bits per heavy atom. The third-order valence-electron chi connectivity index (χ3n) is 6.44. The highest BCUT2D eigenvalue weighted by atomic mass is 32.2. The topological polar surface area (TPSA) is 84.9 Å². The summed E-state index contributed by atoms with van der Waals surface area (Å²) >= 11 is 0. The van der Waals surface area contributed by atoms with Gasteiger partial charge in [0.1, 0.15) is 17.4 Å². The van der Waals surface area contributed by atoms with Crippen LogP contribution < -0.4 is 9.64 Å². The van der Waals surface area contributed by atoms with Crippen LogP contribution in [-0.2, 0) is 39.9 Å². The zero-order valence-electron chi connectivity index (χ0n) is 19.9. The van der Waals surface area contributed by atoms with Crippen LogP contribution in [0.15, 0.2) is 54.6 Å². The van der Waals surface area contributed by atoms with Gasteiger partial charge in [0.25, 0.3) is 0 Å². The lowest BCUT2D eigenvalue weighted by atomic mass is 10.1. The van der Waals surface area contributed by atoms with Crippen molar-refractivity contribution >= 4 is 15.8 Å². The smallest absolute Gasteiger partial charge is 0.218 e. The molecule has 0 aliphatic carbocycles. The number of fused-ring (bicyclic) bond motifs is 1. The second-order valence-corrected chi connectivity index (χ2v) is 10.8. The van der Waals surface area contributed by atoms with E-state index in [0.717, 1.165) is 52.9 Å². The molecule has 184 valence electrons. The normalized spacial score (nSPS) is 16.7. The Balaban J connectivity index is 1.45. The Morgan fingerprint density at radius 3 is 2.51 bits per heavy atom. The molecule has 0 radical (unpaired) electrons. The standard InChI is InChI=1S/C26H30N4O4S/c1-33-22-9-5-8-21(16-22)17-25-27-24-10-11-30(35(31,32)19-20-6-3-2-4-7-20)18-23(24)26(28-25)29-12-14-34-15-13-29/h2-9,16H,10-15,17-19H2,1H3. The van der Waals surface area contributed by atoms with Gasteiger partial charge in [0.15, 0.2) is 0 Å². The summed E-state index contributed by atoms with van der Waals surface area (Å²) in [6.45, 7) is 3.40. The van der Waals surface area contributed by atoms with E-state index in [1.165, 1.54) is 0 Å². The van der Waals surface area contributed by atoms with Gasteiger partial charge >= 0.3 is 0 Å². The van der Waals surface area contributed by atoms with E-state index >= 15 is 0 Å². The minimum absolute atomic E-state index is 0.00909. The third kappa shape index (κ3) is 5.47. The minimum Gasteiger partial charge on any atom is -0.497 e. The molecule has 8 nitrogen and oxygen atoms in total. The highest BCUT2D eigenvalue weighted by Crippen LogP contribution is 2.30. The maximum absolute atomic E-state index is 13.3. The van der Waals surface area contributed by atoms with Gasteiger partial charge in [-0.05, 0) is 23.3 Å². The van der Waals surface area contributed by atoms with E-state index < -0.39 is 10.0 Å². The first-order chi connectivity index (χ1) is 17.0. The molecule has 2 aliphatic rings. The maximum atomic E-state index is 13.3. The molecule has 0 atom stereocenters. The number of benzene rings is 2. The molecule has 3 aromatic rings. The number of hydrogen-bond donors (Lipinski definition) is 0. The summed E-state index contributed by atoms with van der Waals surface area (Å²) in [5.74, 6) is 2.35. The number of morpholine rings is 1. The molecule has 3 heterocycles. The van der Waals surface area contributed by atoms with Crippen molar-refractivity contribution in [3.8, 4) is 5.75 Å². The maximum Gasteiger partial charge on any atom is 0.218 e. The Labute approximate surface area is 206 Å². The predicted octanol–water partition coefficient (Wildman–Crippen LogP) is 2.80. The van der Waals surface area contributed by atoms with Crippen LogP contribution in [-0.4, -0.2) is 62.6 Å². The number of ether oxygens (including phenoxy) is 2. The van der Waals surface area contributed by atoms with Crippen LogP contribution in [0.5, 0.6) is 5.75 Å². The highest BCUT2D eigenvalue weighted by Gasteiger charge is 2.31. The van der Waals surface area contributed by atoms with Crippen molar-refractivity contribution in [1.29, 1.82) is 0 Å². The van der Waals surface area contributed by atoms with Crippen molar-refractivity contribution in [2.75, 3.05) is 44.9 Å². The zero-order chi connectivity index (χ0) is 24.3. The fraction of sp³-hybridized carbons (Fsp3) is 0.385. The molecule has 0 unspecified atom stereocenters. The van der Waals surface area contributed by atoms with E-state index in [-0.39, 0.29) is 12.3 Å². The molecule has 0 N–H and O–H groups in total. The first-order valence-electron chi connectivity index (χ1n) is 11.9. The average Bonchev–Trinajstić information content (AvgIpc) is 2.89. The van der Waals surface area contributed by atoms with Crippen molar-refractivity contribution in [3.05, 3.63) is 82.8 Å². The second kappa shape index (κ2) is 10.3. The van der Waals surface area contributed by atoms with E-state index in [2.05, 4.69) is 4.90 Å². The van der Waals surface area contributed by atoms with Gasteiger partial charge in [0, 0.05) is 44.6 Å². The van der Waals surface area contributed by atoms with Crippen molar-refractivity contribution in [2.45, 2.75) is 25.1 Å². The molecule has 1 saturated heterocycles. The Hall–Kier alpha value is -3.01. The summed E-state index contributed by atoms with van der Waals surface area (Å²) < 4.78 is 39.0. The number of hydrogen-bond acceptors (Lipinski definition) is 7. The zero-order valence-corrected chi connectivity index (χ0v) is 20.7. The monoisotopic (exact) mass is 494 g/mol. The fourth-order valence-electron chi connectivity index (χ4n) is 4.62. The largest absolute Gasteiger partial charge is 0.497 e. The molecule has 9 heteroatoms. The van der Waals surface area contributed by atoms with Gasteiger partial charge in [0.05, 0.1) is 31.8 Å². The number of aromatic nitrogens is 2. The molecular weight excluding hydrogens is 464 g/mol. The first kappa shape index (κ1) is 23.7. The summed E-state index contributed by atoms with van der Waals surface area (Å²) in [6.07, 6.45) is 1.15. The van der Waals surface area contributed by atoms with Crippen molar-refractivity contribution in [2.24, 2.45) is 0 Å². The van der Waals surface area contributed by atoms with Crippen molar-refractivity contribution in [3.63, 3.8) is 0 Å². The SMILES string of the molecule is COc1cccc(Cc2nc3c(c(N4CCOCC4)n2)CN(S(=O)(=O)Cc2ccccc2)CC3)c1. The van der Waals surface area contributed by atoms with Crippen LogP contribution in [0.3, 0.4) is 0 Å². The molecule has 0 bridgehead atoms. The summed E-state index contributed by atoms with van der Waals surface area (Å²) in [6, 6.07) is 17.2. The highest BCUT2D eigenvalue weighted by molar-refractivity contribution is 7.88. The van der Waals surface area contributed by atoms with E-state index in [9.17, 15) is 8.42 Å². The summed E-state index contributed by atoms with van der Waals surface area (Å²) in [5.41, 5.74) is 3.70. The van der Waals surface area contributed by atoms with Crippen LogP contribution >= 0.6 is 0 Å². The molecule has 0 spiro atoms. The van der Waals surface area contributed by atoms with Crippen LogP contribution in [0, 0.1) is 0 Å². The van der Waals surface area contributed by atoms with Gasteiger partial charge in [-0.15, -0.1) is 0 Å². The van der Waals surface area contributed by atoms with E-state index in [4.69, 9.17) is 19.4 Å². The summed E-state index contributed by atoms with van der Waals surface area (Å²) in [7, 11) is -1.82. The van der Waals surface area contributed by atoms with E-state index in [0.29, 0.717) is 32.6 Å². The molecule has 2 aliphatic heterocycles. The molecule has 0 saturated carbocycles. The van der Waals surface area contributed by atoms with Gasteiger partial charge < -0.3 is 14.4 Å². The van der Waals surface area contributed by atoms with E-state index in [1.54, 1.807) is 11.4 Å². The van der Waals surface area contributed by atoms with Crippen LogP contribution in [0.25, 0.3) is 0 Å². The van der Waals surface area contributed by atoms with Crippen molar-refractivity contribution in [1.82, 2.24) is 14.3 Å². The molecule has 1 aromatic heterocycles. The summed E-state index contributed by atoms with van der Waals surface area (Å²) in [5, 5.41) is 0. The van der Waals surface area contributed by atoms with Gasteiger partial charge in [-0.3, -0.25) is 0 Å². The van der Waals surface area contributed by atoms with Crippen LogP contribution in [0.4, 0.5) is 5.82 Å². The number of sulfonamides is 1. The third-order valence-corrected chi connectivity index (χ3v) is 8.24. The number of methoxy groups -OCH3 is 1.